The SMILES string of the molecule is CC.CCCN(CCC)c1nc(/C=N/Nc2cccc(C)c2)nc(OCCN2CCOCC2)n1. The van der Waals surface area contributed by atoms with Crippen molar-refractivity contribution in [2.75, 3.05) is 62.9 Å². The Labute approximate surface area is 204 Å². The van der Waals surface area contributed by atoms with Gasteiger partial charge in [-0.2, -0.15) is 20.1 Å². The van der Waals surface area contributed by atoms with Crippen molar-refractivity contribution in [3.8, 4) is 6.01 Å². The topological polar surface area (TPSA) is 88.0 Å². The number of morpholine rings is 1. The lowest BCUT2D eigenvalue weighted by Crippen LogP contribution is -2.38. The Bertz CT molecular complexity index is 851. The molecular formula is C25H41N7O2. The average Bonchev–Trinajstić information content (AvgIpc) is 2.86. The zero-order chi connectivity index (χ0) is 24.6. The summed E-state index contributed by atoms with van der Waals surface area (Å²) in [5, 5.41) is 4.32. The molecule has 2 heterocycles. The van der Waals surface area contributed by atoms with Crippen LogP contribution in [0.3, 0.4) is 0 Å². The maximum Gasteiger partial charge on any atom is 0.321 e. The Morgan fingerprint density at radius 2 is 1.85 bits per heavy atom. The number of rotatable bonds is 12. The standard InChI is InChI=1S/C23H35N7O2.C2H6/c1-4-9-30(10-5-2)22-25-21(18-24-28-20-8-6-7-19(3)17-20)26-23(27-22)32-16-13-29-11-14-31-15-12-29;1-2/h6-8,17-18,28H,4-5,9-16H2,1-3H3;1-2H3/b24-18+;. The number of hydrazone groups is 1. The molecule has 188 valence electrons. The van der Waals surface area contributed by atoms with Gasteiger partial charge in [0.05, 0.1) is 25.1 Å². The van der Waals surface area contributed by atoms with Gasteiger partial charge in [0.2, 0.25) is 5.95 Å². The van der Waals surface area contributed by atoms with Crippen LogP contribution in [0.4, 0.5) is 11.6 Å². The molecule has 9 nitrogen and oxygen atoms in total. The monoisotopic (exact) mass is 471 g/mol. The van der Waals surface area contributed by atoms with Crippen LogP contribution in [-0.4, -0.2) is 78.6 Å². The lowest BCUT2D eigenvalue weighted by Gasteiger charge is -2.26. The van der Waals surface area contributed by atoms with Crippen molar-refractivity contribution in [1.82, 2.24) is 19.9 Å². The number of nitrogens with one attached hydrogen (secondary N) is 1. The summed E-state index contributed by atoms with van der Waals surface area (Å²) in [6, 6.07) is 8.36. The molecule has 1 aliphatic rings. The minimum Gasteiger partial charge on any atom is -0.462 e. The summed E-state index contributed by atoms with van der Waals surface area (Å²) < 4.78 is 11.3. The number of aryl methyl sites for hydroxylation is 1. The molecule has 1 fully saturated rings. The van der Waals surface area contributed by atoms with Crippen LogP contribution < -0.4 is 15.1 Å². The van der Waals surface area contributed by atoms with E-state index >= 15 is 0 Å². The van der Waals surface area contributed by atoms with Gasteiger partial charge in [-0.05, 0) is 37.5 Å². The molecule has 1 saturated heterocycles. The van der Waals surface area contributed by atoms with Crippen molar-refractivity contribution >= 4 is 17.9 Å². The number of anilines is 2. The van der Waals surface area contributed by atoms with Crippen LogP contribution >= 0.6 is 0 Å². The highest BCUT2D eigenvalue weighted by molar-refractivity contribution is 5.75. The molecule has 1 aromatic heterocycles. The second-order valence-corrected chi connectivity index (χ2v) is 7.81. The van der Waals surface area contributed by atoms with E-state index in [1.165, 1.54) is 5.56 Å². The maximum atomic E-state index is 5.92. The van der Waals surface area contributed by atoms with E-state index in [0.29, 0.717) is 24.4 Å². The number of nitrogens with zero attached hydrogens (tertiary/aromatic N) is 6. The molecule has 0 spiro atoms. The fourth-order valence-corrected chi connectivity index (χ4v) is 3.45. The third-order valence-corrected chi connectivity index (χ3v) is 5.02. The fourth-order valence-electron chi connectivity index (χ4n) is 3.45. The first-order chi connectivity index (χ1) is 16.7. The highest BCUT2D eigenvalue weighted by Crippen LogP contribution is 2.14. The molecule has 0 unspecified atom stereocenters. The minimum atomic E-state index is 0.331. The highest BCUT2D eigenvalue weighted by Gasteiger charge is 2.14. The lowest BCUT2D eigenvalue weighted by atomic mass is 10.2. The Morgan fingerprint density at radius 1 is 1.12 bits per heavy atom. The molecular weight excluding hydrogens is 430 g/mol. The number of aromatic nitrogens is 3. The Kier molecular flexibility index (Phi) is 12.9. The van der Waals surface area contributed by atoms with E-state index in [9.17, 15) is 0 Å². The second kappa shape index (κ2) is 16.0. The first-order valence-corrected chi connectivity index (χ1v) is 12.5. The number of hydrogen-bond donors (Lipinski definition) is 1. The van der Waals surface area contributed by atoms with Crippen molar-refractivity contribution in [2.45, 2.75) is 47.5 Å². The van der Waals surface area contributed by atoms with Gasteiger partial charge in [0.25, 0.3) is 0 Å². The van der Waals surface area contributed by atoms with Crippen molar-refractivity contribution in [2.24, 2.45) is 5.10 Å². The van der Waals surface area contributed by atoms with Crippen LogP contribution in [0.2, 0.25) is 0 Å². The van der Waals surface area contributed by atoms with Gasteiger partial charge in [-0.25, -0.2) is 0 Å². The van der Waals surface area contributed by atoms with Gasteiger partial charge < -0.3 is 14.4 Å². The van der Waals surface area contributed by atoms with Crippen LogP contribution in [-0.2, 0) is 4.74 Å². The molecule has 9 heteroatoms. The molecule has 1 aliphatic heterocycles. The van der Waals surface area contributed by atoms with Gasteiger partial charge in [-0.1, -0.05) is 39.8 Å². The molecule has 1 N–H and O–H groups in total. The van der Waals surface area contributed by atoms with Crippen molar-refractivity contribution in [3.63, 3.8) is 0 Å². The van der Waals surface area contributed by atoms with Gasteiger partial charge in [0, 0.05) is 32.7 Å². The fraction of sp³-hybridized carbons (Fsp3) is 0.600. The van der Waals surface area contributed by atoms with Crippen LogP contribution in [0, 0.1) is 6.92 Å². The van der Waals surface area contributed by atoms with Gasteiger partial charge >= 0.3 is 6.01 Å². The molecule has 0 bridgehead atoms. The number of benzene rings is 1. The van der Waals surface area contributed by atoms with Crippen molar-refractivity contribution in [3.05, 3.63) is 35.7 Å². The van der Waals surface area contributed by atoms with Gasteiger partial charge in [0.15, 0.2) is 5.82 Å². The summed E-state index contributed by atoms with van der Waals surface area (Å²) in [6.07, 6.45) is 3.63. The van der Waals surface area contributed by atoms with Crippen molar-refractivity contribution < 1.29 is 9.47 Å². The number of ether oxygens (including phenoxy) is 2. The Balaban J connectivity index is 0.00000199. The summed E-state index contributed by atoms with van der Waals surface area (Å²) in [5.41, 5.74) is 5.11. The summed E-state index contributed by atoms with van der Waals surface area (Å²) in [6.45, 7) is 16.8. The molecule has 0 amide bonds. The largest absolute Gasteiger partial charge is 0.462 e. The van der Waals surface area contributed by atoms with Crippen LogP contribution in [0.15, 0.2) is 29.4 Å². The quantitative estimate of drug-likeness (QED) is 0.367. The first kappa shape index (κ1) is 27.5. The van der Waals surface area contributed by atoms with E-state index in [1.54, 1.807) is 6.21 Å². The van der Waals surface area contributed by atoms with E-state index in [-0.39, 0.29) is 0 Å². The van der Waals surface area contributed by atoms with E-state index in [0.717, 1.165) is 64.5 Å². The summed E-state index contributed by atoms with van der Waals surface area (Å²) in [7, 11) is 0. The summed E-state index contributed by atoms with van der Waals surface area (Å²) in [5.74, 6) is 1.09. The lowest BCUT2D eigenvalue weighted by molar-refractivity contribution is 0.0317. The molecule has 34 heavy (non-hydrogen) atoms. The molecule has 0 atom stereocenters. The van der Waals surface area contributed by atoms with Gasteiger partial charge in [0.1, 0.15) is 6.61 Å². The zero-order valence-electron chi connectivity index (χ0n) is 21.5. The minimum absolute atomic E-state index is 0.331. The van der Waals surface area contributed by atoms with Gasteiger partial charge in [-0.3, -0.25) is 10.3 Å². The molecule has 0 radical (unpaired) electrons. The summed E-state index contributed by atoms with van der Waals surface area (Å²) >= 11 is 0. The van der Waals surface area contributed by atoms with Gasteiger partial charge in [-0.15, -0.1) is 0 Å². The van der Waals surface area contributed by atoms with Crippen LogP contribution in [0.25, 0.3) is 0 Å². The predicted octanol–water partition coefficient (Wildman–Crippen LogP) is 3.99. The Morgan fingerprint density at radius 3 is 2.53 bits per heavy atom. The molecule has 3 rings (SSSR count). The maximum absolute atomic E-state index is 5.92. The third-order valence-electron chi connectivity index (χ3n) is 5.02. The molecule has 0 saturated carbocycles. The highest BCUT2D eigenvalue weighted by atomic mass is 16.5. The predicted molar refractivity (Wildman–Crippen MR) is 139 cm³/mol. The Hall–Kier alpha value is -2.78. The number of hydrogen-bond acceptors (Lipinski definition) is 9. The smallest absolute Gasteiger partial charge is 0.321 e. The third kappa shape index (κ3) is 9.61. The average molecular weight is 472 g/mol. The zero-order valence-corrected chi connectivity index (χ0v) is 21.5. The van der Waals surface area contributed by atoms with E-state index < -0.39 is 0 Å². The second-order valence-electron chi connectivity index (χ2n) is 7.81. The van der Waals surface area contributed by atoms with Crippen LogP contribution in [0.1, 0.15) is 51.9 Å². The molecule has 2 aromatic rings. The van der Waals surface area contributed by atoms with E-state index in [2.05, 4.69) is 49.1 Å². The normalized spacial score (nSPS) is 13.9. The van der Waals surface area contributed by atoms with Crippen molar-refractivity contribution in [1.29, 1.82) is 0 Å². The van der Waals surface area contributed by atoms with E-state index in [1.807, 2.05) is 45.0 Å². The summed E-state index contributed by atoms with van der Waals surface area (Å²) in [4.78, 5) is 18.2. The van der Waals surface area contributed by atoms with Crippen LogP contribution in [0.5, 0.6) is 6.01 Å². The molecule has 0 aliphatic carbocycles. The van der Waals surface area contributed by atoms with E-state index in [4.69, 9.17) is 9.47 Å². The first-order valence-electron chi connectivity index (χ1n) is 12.5. The molecule has 1 aromatic carbocycles.